The van der Waals surface area contributed by atoms with E-state index in [2.05, 4.69) is 4.98 Å². The van der Waals surface area contributed by atoms with Crippen molar-refractivity contribution in [2.24, 2.45) is 0 Å². The van der Waals surface area contributed by atoms with Gasteiger partial charge in [0.2, 0.25) is 0 Å². The van der Waals surface area contributed by atoms with E-state index in [0.717, 1.165) is 0 Å². The van der Waals surface area contributed by atoms with Crippen LogP contribution in [-0.4, -0.2) is 10.1 Å². The van der Waals surface area contributed by atoms with E-state index in [-0.39, 0.29) is 12.4 Å². The van der Waals surface area contributed by atoms with Gasteiger partial charge in [0, 0.05) is 10.9 Å². The maximum atomic E-state index is 12.8. The number of nitrogens with zero attached hydrogens (tertiary/aromatic N) is 1. The first-order valence-corrected chi connectivity index (χ1v) is 5.47. The van der Waals surface area contributed by atoms with E-state index in [1.165, 1.54) is 23.5 Å². The highest BCUT2D eigenvalue weighted by atomic mass is 35.5. The zero-order valence-corrected chi connectivity index (χ0v) is 9.15. The standard InChI is InChI=1S/C10H7ClFNOS/c11-8-3-6(12)1-2-7(8)9-5-15-10(4-14)13-9/h1-3,5,14H,4H2. The van der Waals surface area contributed by atoms with Crippen molar-refractivity contribution in [1.82, 2.24) is 4.98 Å². The van der Waals surface area contributed by atoms with E-state index >= 15 is 0 Å². The lowest BCUT2D eigenvalue weighted by molar-refractivity contribution is 0.281. The third-order valence-electron chi connectivity index (χ3n) is 1.89. The van der Waals surface area contributed by atoms with Crippen molar-refractivity contribution in [3.05, 3.63) is 39.4 Å². The number of hydrogen-bond donors (Lipinski definition) is 1. The molecule has 0 saturated carbocycles. The summed E-state index contributed by atoms with van der Waals surface area (Å²) in [6, 6.07) is 4.15. The van der Waals surface area contributed by atoms with Crippen molar-refractivity contribution < 1.29 is 9.50 Å². The molecule has 0 aliphatic heterocycles. The van der Waals surface area contributed by atoms with E-state index in [9.17, 15) is 4.39 Å². The average Bonchev–Trinajstić information content (AvgIpc) is 2.66. The molecule has 0 fully saturated rings. The zero-order chi connectivity index (χ0) is 10.8. The molecule has 0 bridgehead atoms. The molecule has 1 aromatic heterocycles. The first kappa shape index (κ1) is 10.5. The summed E-state index contributed by atoms with van der Waals surface area (Å²) in [5.74, 6) is -0.374. The molecule has 0 saturated heterocycles. The SMILES string of the molecule is OCc1nc(-c2ccc(F)cc2Cl)cs1. The molecule has 5 heteroatoms. The van der Waals surface area contributed by atoms with Crippen LogP contribution in [0.3, 0.4) is 0 Å². The minimum absolute atomic E-state index is 0.0938. The Morgan fingerprint density at radius 3 is 2.87 bits per heavy atom. The van der Waals surface area contributed by atoms with Crippen LogP contribution in [-0.2, 0) is 6.61 Å². The van der Waals surface area contributed by atoms with Crippen LogP contribution in [0.15, 0.2) is 23.6 Å². The summed E-state index contributed by atoms with van der Waals surface area (Å²) in [7, 11) is 0. The number of thiazole rings is 1. The second-order valence-corrected chi connectivity index (χ2v) is 4.26. The van der Waals surface area contributed by atoms with Gasteiger partial charge in [-0.3, -0.25) is 0 Å². The van der Waals surface area contributed by atoms with Crippen LogP contribution >= 0.6 is 22.9 Å². The van der Waals surface area contributed by atoms with Crippen LogP contribution in [0, 0.1) is 5.82 Å². The summed E-state index contributed by atoms with van der Waals surface area (Å²) in [6.45, 7) is -0.0938. The predicted octanol–water partition coefficient (Wildman–Crippen LogP) is 3.09. The molecule has 2 nitrogen and oxygen atoms in total. The van der Waals surface area contributed by atoms with Gasteiger partial charge in [-0.05, 0) is 18.2 Å². The van der Waals surface area contributed by atoms with E-state index < -0.39 is 0 Å². The molecule has 1 N–H and O–H groups in total. The lowest BCUT2D eigenvalue weighted by Gasteiger charge is -1.99. The molecule has 1 aromatic carbocycles. The molecule has 0 radical (unpaired) electrons. The van der Waals surface area contributed by atoms with Gasteiger partial charge in [-0.2, -0.15) is 0 Å². The van der Waals surface area contributed by atoms with Gasteiger partial charge in [-0.25, -0.2) is 9.37 Å². The number of benzene rings is 1. The van der Waals surface area contributed by atoms with E-state index in [1.54, 1.807) is 11.4 Å². The lowest BCUT2D eigenvalue weighted by Crippen LogP contribution is -1.84. The fraction of sp³-hybridized carbons (Fsp3) is 0.100. The molecule has 0 spiro atoms. The smallest absolute Gasteiger partial charge is 0.124 e. The van der Waals surface area contributed by atoms with Crippen molar-refractivity contribution in [3.63, 3.8) is 0 Å². The monoisotopic (exact) mass is 243 g/mol. The second-order valence-electron chi connectivity index (χ2n) is 2.91. The highest BCUT2D eigenvalue weighted by Crippen LogP contribution is 2.29. The molecule has 0 aliphatic rings. The fourth-order valence-electron chi connectivity index (χ4n) is 1.20. The molecular formula is C10H7ClFNOS. The van der Waals surface area contributed by atoms with E-state index in [4.69, 9.17) is 16.7 Å². The molecule has 2 aromatic rings. The molecule has 0 atom stereocenters. The van der Waals surface area contributed by atoms with Gasteiger partial charge in [0.15, 0.2) is 0 Å². The maximum absolute atomic E-state index is 12.8. The molecule has 0 aliphatic carbocycles. The van der Waals surface area contributed by atoms with Crippen LogP contribution in [0.2, 0.25) is 5.02 Å². The van der Waals surface area contributed by atoms with Crippen molar-refractivity contribution in [2.45, 2.75) is 6.61 Å². The number of halogens is 2. The summed E-state index contributed by atoms with van der Waals surface area (Å²) in [5.41, 5.74) is 1.34. The largest absolute Gasteiger partial charge is 0.389 e. The average molecular weight is 244 g/mol. The van der Waals surface area contributed by atoms with Crippen LogP contribution < -0.4 is 0 Å². The molecule has 0 amide bonds. The number of hydrogen-bond acceptors (Lipinski definition) is 3. The normalized spacial score (nSPS) is 10.6. The van der Waals surface area contributed by atoms with Crippen molar-refractivity contribution in [1.29, 1.82) is 0 Å². The molecule has 78 valence electrons. The van der Waals surface area contributed by atoms with Gasteiger partial charge in [-0.15, -0.1) is 11.3 Å². The quantitative estimate of drug-likeness (QED) is 0.879. The number of aliphatic hydroxyl groups is 1. The Kier molecular flexibility index (Phi) is 3.00. The lowest BCUT2D eigenvalue weighted by atomic mass is 10.2. The Labute approximate surface area is 95.0 Å². The Bertz CT molecular complexity index is 486. The third kappa shape index (κ3) is 2.17. The van der Waals surface area contributed by atoms with Crippen LogP contribution in [0.25, 0.3) is 11.3 Å². The molecule has 1 heterocycles. The van der Waals surface area contributed by atoms with E-state index in [0.29, 0.717) is 21.3 Å². The number of aromatic nitrogens is 1. The summed E-state index contributed by atoms with van der Waals surface area (Å²) >= 11 is 7.22. The van der Waals surface area contributed by atoms with Gasteiger partial charge in [0.1, 0.15) is 10.8 Å². The van der Waals surface area contributed by atoms with Crippen LogP contribution in [0.5, 0.6) is 0 Å². The van der Waals surface area contributed by atoms with Gasteiger partial charge in [0.05, 0.1) is 17.3 Å². The Hall–Kier alpha value is -0.970. The topological polar surface area (TPSA) is 33.1 Å². The molecule has 0 unspecified atom stereocenters. The van der Waals surface area contributed by atoms with Gasteiger partial charge in [-0.1, -0.05) is 11.6 Å². The first-order valence-electron chi connectivity index (χ1n) is 4.21. The van der Waals surface area contributed by atoms with Crippen molar-refractivity contribution >= 4 is 22.9 Å². The number of aliphatic hydroxyl groups excluding tert-OH is 1. The van der Waals surface area contributed by atoms with E-state index in [1.807, 2.05) is 0 Å². The zero-order valence-electron chi connectivity index (χ0n) is 7.58. The summed E-state index contributed by atoms with van der Waals surface area (Å²) < 4.78 is 12.8. The third-order valence-corrected chi connectivity index (χ3v) is 3.04. The van der Waals surface area contributed by atoms with Gasteiger partial charge < -0.3 is 5.11 Å². The molecule has 15 heavy (non-hydrogen) atoms. The minimum atomic E-state index is -0.374. The molecular weight excluding hydrogens is 237 g/mol. The number of rotatable bonds is 2. The Morgan fingerprint density at radius 1 is 1.47 bits per heavy atom. The summed E-state index contributed by atoms with van der Waals surface area (Å²) in [5, 5.41) is 11.6. The summed E-state index contributed by atoms with van der Waals surface area (Å²) in [6.07, 6.45) is 0. The van der Waals surface area contributed by atoms with Gasteiger partial charge >= 0.3 is 0 Å². The Morgan fingerprint density at radius 2 is 2.27 bits per heavy atom. The first-order chi connectivity index (χ1) is 7.20. The Balaban J connectivity index is 2.44. The summed E-state index contributed by atoms with van der Waals surface area (Å²) in [4.78, 5) is 4.15. The maximum Gasteiger partial charge on any atom is 0.124 e. The van der Waals surface area contributed by atoms with Crippen LogP contribution in [0.4, 0.5) is 4.39 Å². The second kappa shape index (κ2) is 4.26. The van der Waals surface area contributed by atoms with Crippen LogP contribution in [0.1, 0.15) is 5.01 Å². The highest BCUT2D eigenvalue weighted by molar-refractivity contribution is 7.09. The van der Waals surface area contributed by atoms with Gasteiger partial charge in [0.25, 0.3) is 0 Å². The fourth-order valence-corrected chi connectivity index (χ4v) is 2.12. The minimum Gasteiger partial charge on any atom is -0.389 e. The predicted molar refractivity (Wildman–Crippen MR) is 58.4 cm³/mol. The van der Waals surface area contributed by atoms with Crippen molar-refractivity contribution in [2.75, 3.05) is 0 Å². The molecule has 2 rings (SSSR count). The van der Waals surface area contributed by atoms with Crippen molar-refractivity contribution in [3.8, 4) is 11.3 Å². The highest BCUT2D eigenvalue weighted by Gasteiger charge is 2.08.